The monoisotopic (exact) mass is 661 g/mol. The van der Waals surface area contributed by atoms with Gasteiger partial charge in [0.15, 0.2) is 17.7 Å². The van der Waals surface area contributed by atoms with E-state index in [4.69, 9.17) is 10.5 Å². The van der Waals surface area contributed by atoms with Gasteiger partial charge in [0.25, 0.3) is 15.6 Å². The molecule has 3 rings (SSSR count). The summed E-state index contributed by atoms with van der Waals surface area (Å²) in [6, 6.07) is 0. The Kier molecular flexibility index (Phi) is 13.6. The number of phosphoric acid groups is 3. The molecule has 1 saturated heterocycles. The molecule has 0 amide bonds. The summed E-state index contributed by atoms with van der Waals surface area (Å²) < 4.78 is 50.2. The Hall–Kier alpha value is -0.857. The third-order valence-corrected chi connectivity index (χ3v) is 7.46. The maximum Gasteiger partial charge on any atom is 3.00 e. The number of ether oxygens (including phenoxy) is 1. The number of nitrogen functional groups attached to an aromatic ring is 1. The molecular formula is C10H19N5O16P3Rh. The molecule has 0 radical (unpaired) electrons. The Bertz CT molecular complexity index is 1120. The molecule has 0 aliphatic carbocycles. The Morgan fingerprint density at radius 2 is 1.63 bits per heavy atom. The Labute approximate surface area is 208 Å². The molecule has 2 aromatic rings. The minimum Gasteiger partial charge on any atom is -0.790 e. The second-order valence-electron chi connectivity index (χ2n) is 5.93. The third kappa shape index (κ3) is 8.89. The largest absolute Gasteiger partial charge is 3.00 e. The number of hydrogen-bond acceptors (Lipinski definition) is 17. The Morgan fingerprint density at radius 3 is 2.20 bits per heavy atom. The van der Waals surface area contributed by atoms with E-state index in [9.17, 15) is 43.5 Å². The van der Waals surface area contributed by atoms with E-state index in [0.717, 1.165) is 12.7 Å². The third-order valence-electron chi connectivity index (χ3n) is 3.80. The van der Waals surface area contributed by atoms with Crippen LogP contribution in [-0.4, -0.2) is 71.1 Å². The SMILES string of the molecule is Nc1ncnc2c1ncn2C1OC(COP(=O)([O-])OP(=O)([O-])OP(=O)([O-])[O-])C(O)C1O.O.O.O.[H+].[Rh+3]. The van der Waals surface area contributed by atoms with E-state index in [2.05, 4.69) is 28.1 Å². The van der Waals surface area contributed by atoms with Gasteiger partial charge in [-0.1, -0.05) is 0 Å². The molecule has 2 aromatic heterocycles. The average molecular weight is 661 g/mol. The van der Waals surface area contributed by atoms with Crippen molar-refractivity contribution in [2.45, 2.75) is 24.5 Å². The molecule has 35 heavy (non-hydrogen) atoms. The van der Waals surface area contributed by atoms with Crippen LogP contribution in [0.2, 0.25) is 0 Å². The van der Waals surface area contributed by atoms with Gasteiger partial charge in [-0.15, -0.1) is 0 Å². The molecule has 6 unspecified atom stereocenters. The van der Waals surface area contributed by atoms with Crippen molar-refractivity contribution in [3.8, 4) is 0 Å². The molecule has 1 aliphatic rings. The molecule has 1 aliphatic heterocycles. The molecule has 0 aromatic carbocycles. The van der Waals surface area contributed by atoms with Crippen molar-refractivity contribution in [2.75, 3.05) is 12.3 Å². The zero-order chi connectivity index (χ0) is 23.2. The van der Waals surface area contributed by atoms with Crippen LogP contribution in [0.5, 0.6) is 0 Å². The van der Waals surface area contributed by atoms with E-state index in [0.29, 0.717) is 0 Å². The summed E-state index contributed by atoms with van der Waals surface area (Å²) in [6.45, 7) is -1.08. The van der Waals surface area contributed by atoms with Crippen molar-refractivity contribution in [3.05, 3.63) is 12.7 Å². The van der Waals surface area contributed by atoms with Gasteiger partial charge in [0.1, 0.15) is 30.2 Å². The molecule has 3 heterocycles. The Morgan fingerprint density at radius 1 is 1.03 bits per heavy atom. The van der Waals surface area contributed by atoms with Crippen LogP contribution in [0, 0.1) is 0 Å². The number of rotatable bonds is 8. The van der Waals surface area contributed by atoms with Crippen LogP contribution in [0.4, 0.5) is 5.82 Å². The summed E-state index contributed by atoms with van der Waals surface area (Å²) in [4.78, 5) is 54.9. The van der Waals surface area contributed by atoms with E-state index in [1.54, 1.807) is 0 Å². The van der Waals surface area contributed by atoms with Gasteiger partial charge in [-0.25, -0.2) is 19.3 Å². The summed E-state index contributed by atoms with van der Waals surface area (Å²) in [6.07, 6.45) is -3.99. The van der Waals surface area contributed by atoms with E-state index in [1.807, 2.05) is 0 Å². The zero-order valence-electron chi connectivity index (χ0n) is 17.6. The second-order valence-corrected chi connectivity index (χ2v) is 10.2. The maximum atomic E-state index is 11.6. The first-order valence-corrected chi connectivity index (χ1v) is 12.2. The minimum absolute atomic E-state index is 0. The van der Waals surface area contributed by atoms with Gasteiger partial charge < -0.3 is 65.8 Å². The molecule has 204 valence electrons. The van der Waals surface area contributed by atoms with Crippen LogP contribution in [0.3, 0.4) is 0 Å². The van der Waals surface area contributed by atoms with Gasteiger partial charge in [-0.2, -0.15) is 0 Å². The quantitative estimate of drug-likeness (QED) is 0.175. The van der Waals surface area contributed by atoms with Crippen LogP contribution >= 0.6 is 23.5 Å². The van der Waals surface area contributed by atoms with Gasteiger partial charge in [0.05, 0.1) is 20.8 Å². The number of aromatic nitrogens is 4. The van der Waals surface area contributed by atoms with Crippen LogP contribution < -0.4 is 25.3 Å². The number of anilines is 1. The minimum atomic E-state index is -6.14. The summed E-state index contributed by atoms with van der Waals surface area (Å²) >= 11 is 0. The van der Waals surface area contributed by atoms with Crippen LogP contribution in [0.25, 0.3) is 11.2 Å². The fourth-order valence-corrected chi connectivity index (χ4v) is 5.47. The normalized spacial score (nSPS) is 25.2. The van der Waals surface area contributed by atoms with Gasteiger partial charge in [0, 0.05) is 0 Å². The molecule has 0 saturated carbocycles. The van der Waals surface area contributed by atoms with Gasteiger partial charge in [-0.05, 0) is 0 Å². The fraction of sp³-hybridized carbons (Fsp3) is 0.500. The van der Waals surface area contributed by atoms with Crippen LogP contribution in [0.1, 0.15) is 7.65 Å². The predicted octanol–water partition coefficient (Wildman–Crippen LogP) is -6.52. The van der Waals surface area contributed by atoms with Crippen molar-refractivity contribution in [2.24, 2.45) is 0 Å². The number of aliphatic hydroxyl groups excluding tert-OH is 2. The number of fused-ring (bicyclic) bond motifs is 1. The molecule has 0 bridgehead atoms. The number of aliphatic hydroxyl groups is 2. The number of nitrogens with two attached hydrogens (primary N) is 1. The van der Waals surface area contributed by atoms with Crippen molar-refractivity contribution in [1.82, 2.24) is 19.5 Å². The smallest absolute Gasteiger partial charge is 0.790 e. The average Bonchev–Trinajstić information content (AvgIpc) is 3.13. The topological polar surface area (TPSA) is 385 Å². The predicted molar refractivity (Wildman–Crippen MR) is 98.6 cm³/mol. The van der Waals surface area contributed by atoms with Crippen molar-refractivity contribution < 1.29 is 98.7 Å². The Balaban J connectivity index is -0.00000218. The molecule has 6 atom stereocenters. The zero-order valence-corrected chi connectivity index (χ0v) is 20.9. The number of phosphoric ester groups is 1. The van der Waals surface area contributed by atoms with Crippen molar-refractivity contribution in [1.29, 1.82) is 0 Å². The molecule has 21 nitrogen and oxygen atoms in total. The summed E-state index contributed by atoms with van der Waals surface area (Å²) in [5.41, 5.74) is 5.92. The van der Waals surface area contributed by atoms with Gasteiger partial charge in [-0.3, -0.25) is 18.0 Å². The summed E-state index contributed by atoms with van der Waals surface area (Å²) in [7, 11) is -18.1. The number of nitrogens with zero attached hydrogens (tertiary/aromatic N) is 4. The van der Waals surface area contributed by atoms with Crippen LogP contribution in [0.15, 0.2) is 12.7 Å². The molecular weight excluding hydrogens is 642 g/mol. The number of hydrogen-bond donors (Lipinski definition) is 3. The molecule has 1 fully saturated rings. The molecule has 10 N–H and O–H groups in total. The van der Waals surface area contributed by atoms with E-state index < -0.39 is 54.6 Å². The standard InChI is InChI=1S/C10H16N5O13P3.3H2O.Rh/c11-8-5-9(13-2-12-8)15(3-14-5)10-7(17)6(16)4(26-10)1-25-30(21,22)28-31(23,24)27-29(18,19)20;;;;/h2-4,6-7,10,16-17H,1H2,(H,21,22)(H,23,24)(H2,11,12,13)(H2,18,19,20);3*1H2;/q;;;;+3/p-3. The molecule has 25 heteroatoms. The first-order chi connectivity index (χ1) is 14.2. The summed E-state index contributed by atoms with van der Waals surface area (Å²) in [5.74, 6) is 0.0195. The number of imidazole rings is 1. The molecule has 0 spiro atoms. The van der Waals surface area contributed by atoms with Crippen molar-refractivity contribution >= 4 is 40.4 Å². The first-order valence-electron chi connectivity index (χ1n) is 7.85. The van der Waals surface area contributed by atoms with Crippen molar-refractivity contribution in [3.63, 3.8) is 0 Å². The first kappa shape index (κ1) is 36.3. The van der Waals surface area contributed by atoms with Gasteiger partial charge in [0.2, 0.25) is 0 Å². The van der Waals surface area contributed by atoms with Gasteiger partial charge >= 0.3 is 20.9 Å². The fourth-order valence-electron chi connectivity index (χ4n) is 2.60. The summed E-state index contributed by atoms with van der Waals surface area (Å²) in [5, 5.41) is 20.3. The van der Waals surface area contributed by atoms with E-state index in [1.165, 1.54) is 4.57 Å². The second kappa shape index (κ2) is 13.1. The van der Waals surface area contributed by atoms with Crippen LogP contribution in [-0.2, 0) is 51.1 Å². The maximum absolute atomic E-state index is 11.6. The van der Waals surface area contributed by atoms with E-state index in [-0.39, 0.29) is 54.3 Å². The van der Waals surface area contributed by atoms with E-state index >= 15 is 0 Å².